The molecule has 4 nitrogen and oxygen atoms in total. The van der Waals surface area contributed by atoms with E-state index in [0.717, 1.165) is 37.4 Å². The molecule has 2 rings (SSSR count). The third-order valence-corrected chi connectivity index (χ3v) is 4.28. The van der Waals surface area contributed by atoms with Crippen LogP contribution in [-0.2, 0) is 4.79 Å². The highest BCUT2D eigenvalue weighted by molar-refractivity contribution is 5.76. The van der Waals surface area contributed by atoms with Crippen molar-refractivity contribution in [2.75, 3.05) is 33.3 Å². The molecule has 1 aromatic carbocycles. The number of carbonyl (C=O) groups excluding carboxylic acids is 1. The van der Waals surface area contributed by atoms with Crippen molar-refractivity contribution in [3.8, 4) is 5.75 Å². The average Bonchev–Trinajstić information content (AvgIpc) is 2.51. The molecule has 0 saturated carbocycles. The Morgan fingerprint density at radius 3 is 3.00 bits per heavy atom. The van der Waals surface area contributed by atoms with Gasteiger partial charge in [0.05, 0.1) is 13.0 Å². The molecule has 0 spiro atoms. The van der Waals surface area contributed by atoms with Gasteiger partial charge < -0.3 is 15.0 Å². The smallest absolute Gasteiger partial charge is 0.226 e. The molecule has 1 aromatic rings. The number of benzene rings is 1. The first kappa shape index (κ1) is 16.8. The van der Waals surface area contributed by atoms with Crippen LogP contribution in [0.4, 0.5) is 0 Å². The number of nitrogens with zero attached hydrogens (tertiary/aromatic N) is 1. The molecule has 1 saturated heterocycles. The van der Waals surface area contributed by atoms with Gasteiger partial charge in [-0.15, -0.1) is 0 Å². The molecule has 1 N–H and O–H groups in total. The number of aryl methyl sites for hydroxylation is 2. The van der Waals surface area contributed by atoms with E-state index in [4.69, 9.17) is 4.74 Å². The van der Waals surface area contributed by atoms with E-state index < -0.39 is 0 Å². The summed E-state index contributed by atoms with van der Waals surface area (Å²) < 4.78 is 5.79. The van der Waals surface area contributed by atoms with Gasteiger partial charge in [0.2, 0.25) is 5.91 Å². The van der Waals surface area contributed by atoms with Crippen LogP contribution in [0.15, 0.2) is 18.2 Å². The highest BCUT2D eigenvalue weighted by Gasteiger charge is 2.22. The molecule has 4 heteroatoms. The summed E-state index contributed by atoms with van der Waals surface area (Å²) in [7, 11) is 1.97. The molecule has 0 radical (unpaired) electrons. The van der Waals surface area contributed by atoms with Gasteiger partial charge in [0, 0.05) is 13.1 Å². The van der Waals surface area contributed by atoms with Gasteiger partial charge in [-0.25, -0.2) is 0 Å². The Bertz CT molecular complexity index is 500. The number of ether oxygens (including phenoxy) is 1. The number of carbonyl (C=O) groups is 1. The maximum Gasteiger partial charge on any atom is 0.226 e. The number of hydrogen-bond acceptors (Lipinski definition) is 3. The monoisotopic (exact) mass is 304 g/mol. The highest BCUT2D eigenvalue weighted by atomic mass is 16.5. The van der Waals surface area contributed by atoms with E-state index in [1.54, 1.807) is 0 Å². The van der Waals surface area contributed by atoms with E-state index in [9.17, 15) is 4.79 Å². The summed E-state index contributed by atoms with van der Waals surface area (Å²) in [6.07, 6.45) is 2.78. The van der Waals surface area contributed by atoms with Crippen LogP contribution in [0.5, 0.6) is 5.75 Å². The zero-order valence-electron chi connectivity index (χ0n) is 14.0. The Balaban J connectivity index is 1.78. The van der Waals surface area contributed by atoms with E-state index in [0.29, 0.717) is 18.9 Å². The minimum atomic E-state index is 0.214. The number of hydrogen-bond donors (Lipinski definition) is 1. The second kappa shape index (κ2) is 8.18. The van der Waals surface area contributed by atoms with E-state index in [1.807, 2.05) is 31.9 Å². The van der Waals surface area contributed by atoms with Gasteiger partial charge in [0.15, 0.2) is 0 Å². The van der Waals surface area contributed by atoms with Crippen molar-refractivity contribution in [2.24, 2.45) is 5.92 Å². The molecule has 0 aromatic heterocycles. The van der Waals surface area contributed by atoms with Gasteiger partial charge in [-0.05, 0) is 63.4 Å². The quantitative estimate of drug-likeness (QED) is 0.878. The van der Waals surface area contributed by atoms with Gasteiger partial charge >= 0.3 is 0 Å². The SMILES string of the molecule is CNC[C@H]1CCCN(C(=O)CCOc2cc(C)ccc2C)C1. The first-order valence-corrected chi connectivity index (χ1v) is 8.22. The zero-order chi connectivity index (χ0) is 15.9. The summed E-state index contributed by atoms with van der Waals surface area (Å²) >= 11 is 0. The zero-order valence-corrected chi connectivity index (χ0v) is 14.0. The number of rotatable bonds is 6. The fourth-order valence-corrected chi connectivity index (χ4v) is 3.02. The van der Waals surface area contributed by atoms with Crippen LogP contribution in [-0.4, -0.2) is 44.1 Å². The van der Waals surface area contributed by atoms with Crippen LogP contribution in [0.25, 0.3) is 0 Å². The van der Waals surface area contributed by atoms with Crippen molar-refractivity contribution in [3.63, 3.8) is 0 Å². The van der Waals surface area contributed by atoms with Gasteiger partial charge in [-0.1, -0.05) is 12.1 Å². The lowest BCUT2D eigenvalue weighted by Crippen LogP contribution is -2.42. The van der Waals surface area contributed by atoms with Crippen molar-refractivity contribution in [1.29, 1.82) is 0 Å². The first-order valence-electron chi connectivity index (χ1n) is 8.22. The molecule has 0 bridgehead atoms. The number of likely N-dealkylation sites (tertiary alicyclic amines) is 1. The normalized spacial score (nSPS) is 18.3. The predicted octanol–water partition coefficient (Wildman–Crippen LogP) is 2.53. The summed E-state index contributed by atoms with van der Waals surface area (Å²) in [5, 5.41) is 3.21. The summed E-state index contributed by atoms with van der Waals surface area (Å²) in [5.74, 6) is 1.69. The second-order valence-electron chi connectivity index (χ2n) is 6.27. The lowest BCUT2D eigenvalue weighted by Gasteiger charge is -2.32. The second-order valence-corrected chi connectivity index (χ2v) is 6.27. The van der Waals surface area contributed by atoms with Crippen LogP contribution in [0.3, 0.4) is 0 Å². The van der Waals surface area contributed by atoms with Crippen molar-refractivity contribution in [3.05, 3.63) is 29.3 Å². The van der Waals surface area contributed by atoms with Crippen LogP contribution in [0, 0.1) is 19.8 Å². The summed E-state index contributed by atoms with van der Waals surface area (Å²) in [5.41, 5.74) is 2.29. The van der Waals surface area contributed by atoms with E-state index in [2.05, 4.69) is 17.4 Å². The third kappa shape index (κ3) is 4.73. The van der Waals surface area contributed by atoms with Crippen LogP contribution >= 0.6 is 0 Å². The molecule has 122 valence electrons. The maximum atomic E-state index is 12.3. The van der Waals surface area contributed by atoms with Crippen LogP contribution < -0.4 is 10.1 Å². The summed E-state index contributed by atoms with van der Waals surface area (Å²) in [6.45, 7) is 7.29. The molecule has 1 atom stereocenters. The topological polar surface area (TPSA) is 41.6 Å². The largest absolute Gasteiger partial charge is 0.493 e. The summed E-state index contributed by atoms with van der Waals surface area (Å²) in [4.78, 5) is 14.3. The van der Waals surface area contributed by atoms with Crippen LogP contribution in [0.1, 0.15) is 30.4 Å². The Labute approximate surface area is 133 Å². The van der Waals surface area contributed by atoms with Gasteiger partial charge in [-0.2, -0.15) is 0 Å². The molecule has 1 fully saturated rings. The minimum Gasteiger partial charge on any atom is -0.493 e. The lowest BCUT2D eigenvalue weighted by atomic mass is 9.98. The molecule has 22 heavy (non-hydrogen) atoms. The van der Waals surface area contributed by atoms with Crippen LogP contribution in [0.2, 0.25) is 0 Å². The molecule has 0 aliphatic carbocycles. The molecule has 1 aliphatic rings. The van der Waals surface area contributed by atoms with E-state index in [1.165, 1.54) is 12.0 Å². The van der Waals surface area contributed by atoms with Gasteiger partial charge in [0.1, 0.15) is 5.75 Å². The standard InChI is InChI=1S/C18H28N2O2/c1-14-6-7-15(2)17(11-14)22-10-8-18(21)20-9-4-5-16(13-20)12-19-3/h6-7,11,16,19H,4-5,8-10,12-13H2,1-3H3/t16-/m1/s1. The number of piperidine rings is 1. The van der Waals surface area contributed by atoms with E-state index in [-0.39, 0.29) is 5.91 Å². The van der Waals surface area contributed by atoms with Gasteiger partial charge in [-0.3, -0.25) is 4.79 Å². The van der Waals surface area contributed by atoms with Crippen molar-refractivity contribution in [2.45, 2.75) is 33.1 Å². The first-order chi connectivity index (χ1) is 10.6. The van der Waals surface area contributed by atoms with Crippen molar-refractivity contribution >= 4 is 5.91 Å². The molecular weight excluding hydrogens is 276 g/mol. The molecule has 1 aliphatic heterocycles. The Morgan fingerprint density at radius 2 is 2.23 bits per heavy atom. The van der Waals surface area contributed by atoms with Crippen molar-refractivity contribution < 1.29 is 9.53 Å². The molecule has 1 heterocycles. The maximum absolute atomic E-state index is 12.3. The van der Waals surface area contributed by atoms with E-state index >= 15 is 0 Å². The Kier molecular flexibility index (Phi) is 6.25. The minimum absolute atomic E-state index is 0.214. The molecular formula is C18H28N2O2. The fourth-order valence-electron chi connectivity index (χ4n) is 3.02. The Hall–Kier alpha value is -1.55. The number of nitrogens with one attached hydrogen (secondary N) is 1. The predicted molar refractivity (Wildman–Crippen MR) is 89.3 cm³/mol. The fraction of sp³-hybridized carbons (Fsp3) is 0.611. The van der Waals surface area contributed by atoms with Crippen molar-refractivity contribution in [1.82, 2.24) is 10.2 Å². The third-order valence-electron chi connectivity index (χ3n) is 4.28. The summed E-state index contributed by atoms with van der Waals surface area (Å²) in [6, 6.07) is 6.16. The number of amides is 1. The highest BCUT2D eigenvalue weighted by Crippen LogP contribution is 2.20. The molecule has 1 amide bonds. The molecule has 0 unspecified atom stereocenters. The van der Waals surface area contributed by atoms with Gasteiger partial charge in [0.25, 0.3) is 0 Å². The average molecular weight is 304 g/mol. The lowest BCUT2D eigenvalue weighted by molar-refractivity contribution is -0.133. The Morgan fingerprint density at radius 1 is 1.41 bits per heavy atom.